The van der Waals surface area contributed by atoms with E-state index >= 15 is 0 Å². The molecule has 0 spiro atoms. The first-order valence-corrected chi connectivity index (χ1v) is 7.92. The van der Waals surface area contributed by atoms with Gasteiger partial charge < -0.3 is 20.1 Å². The summed E-state index contributed by atoms with van der Waals surface area (Å²) in [7, 11) is 5.62. The second-order valence-corrected chi connectivity index (χ2v) is 5.64. The Morgan fingerprint density at radius 2 is 2.12 bits per heavy atom. The zero-order chi connectivity index (χ0) is 18.2. The average Bonchev–Trinajstić information content (AvgIpc) is 3.00. The molecule has 1 heterocycles. The lowest BCUT2D eigenvalue weighted by molar-refractivity contribution is -0.115. The number of anilines is 1. The number of nitrogens with zero attached hydrogens (tertiary/aromatic N) is 3. The number of nitrogens with one attached hydrogen (secondary N) is 2. The van der Waals surface area contributed by atoms with Gasteiger partial charge in [-0.1, -0.05) is 12.0 Å². The number of benzene rings is 1. The van der Waals surface area contributed by atoms with Crippen molar-refractivity contribution in [2.24, 2.45) is 12.0 Å². The van der Waals surface area contributed by atoms with Gasteiger partial charge in [-0.2, -0.15) is 0 Å². The highest BCUT2D eigenvalue weighted by atomic mass is 127. The Kier molecular flexibility index (Phi) is 8.72. The Morgan fingerprint density at radius 3 is 2.73 bits per heavy atom. The van der Waals surface area contributed by atoms with Crippen LogP contribution in [0, 0.1) is 12.3 Å². The summed E-state index contributed by atoms with van der Waals surface area (Å²) in [4.78, 5) is 18.3. The largest absolute Gasteiger partial charge is 0.353 e. The van der Waals surface area contributed by atoms with Gasteiger partial charge in [-0.3, -0.25) is 9.79 Å². The molecule has 0 aliphatic carbocycles. The third-order valence-electron chi connectivity index (χ3n) is 3.74. The highest BCUT2D eigenvalue weighted by Gasteiger charge is 2.10. The van der Waals surface area contributed by atoms with Crippen molar-refractivity contribution < 1.29 is 4.79 Å². The molecule has 0 aliphatic rings. The number of terminal acetylenes is 1. The topological polar surface area (TPSA) is 61.7 Å². The van der Waals surface area contributed by atoms with Crippen LogP contribution < -0.4 is 10.6 Å². The first-order valence-electron chi connectivity index (χ1n) is 7.92. The number of aromatic nitrogens is 1. The smallest absolute Gasteiger partial charge is 0.243 e. The monoisotopic (exact) mass is 465 g/mol. The number of aryl methyl sites for hydroxylation is 1. The van der Waals surface area contributed by atoms with Crippen molar-refractivity contribution in [1.82, 2.24) is 14.8 Å². The van der Waals surface area contributed by atoms with E-state index in [2.05, 4.69) is 32.2 Å². The van der Waals surface area contributed by atoms with Gasteiger partial charge in [0.2, 0.25) is 5.91 Å². The number of aliphatic imine (C=N–C) groups is 1. The van der Waals surface area contributed by atoms with Crippen molar-refractivity contribution >= 4 is 41.5 Å². The molecule has 0 bridgehead atoms. The van der Waals surface area contributed by atoms with Crippen LogP contribution in [0.5, 0.6) is 0 Å². The molecule has 6 nitrogen and oxygen atoms in total. The van der Waals surface area contributed by atoms with Crippen LogP contribution in [0.1, 0.15) is 11.3 Å². The van der Waals surface area contributed by atoms with E-state index in [1.807, 2.05) is 43.4 Å². The van der Waals surface area contributed by atoms with Gasteiger partial charge in [-0.25, -0.2) is 0 Å². The summed E-state index contributed by atoms with van der Waals surface area (Å²) in [6.45, 7) is 0.805. The van der Waals surface area contributed by atoms with Crippen LogP contribution in [0.15, 0.2) is 47.6 Å². The van der Waals surface area contributed by atoms with Gasteiger partial charge in [0, 0.05) is 44.3 Å². The molecule has 2 aromatic rings. The zero-order valence-corrected chi connectivity index (χ0v) is 17.5. The summed E-state index contributed by atoms with van der Waals surface area (Å²) in [6, 6.07) is 11.2. The van der Waals surface area contributed by atoms with Crippen molar-refractivity contribution in [2.45, 2.75) is 6.54 Å². The van der Waals surface area contributed by atoms with Gasteiger partial charge >= 0.3 is 0 Å². The molecule has 0 saturated carbocycles. The number of hydrogen-bond acceptors (Lipinski definition) is 2. The number of guanidine groups is 1. The molecule has 138 valence electrons. The third-order valence-corrected chi connectivity index (χ3v) is 3.74. The summed E-state index contributed by atoms with van der Waals surface area (Å²) in [5.41, 5.74) is 2.55. The van der Waals surface area contributed by atoms with E-state index < -0.39 is 0 Å². The fourth-order valence-electron chi connectivity index (χ4n) is 2.41. The number of amides is 1. The van der Waals surface area contributed by atoms with Gasteiger partial charge in [0.1, 0.15) is 0 Å². The maximum absolute atomic E-state index is 12.1. The maximum atomic E-state index is 12.1. The minimum atomic E-state index is -0.164. The minimum absolute atomic E-state index is 0. The SMILES string of the molecule is C#Cc1cccc(NC(=O)CNC(=NC)N(C)Cc2cccn2C)c1.I. The van der Waals surface area contributed by atoms with Gasteiger partial charge in [0.25, 0.3) is 0 Å². The summed E-state index contributed by atoms with van der Waals surface area (Å²) >= 11 is 0. The number of halogens is 1. The standard InChI is InChI=1S/C19H23N5O.HI/c1-5-15-8-6-9-16(12-15)22-18(25)13-21-19(20-2)24(4)14-17-10-7-11-23(17)3;/h1,6-12H,13-14H2,2-4H3,(H,20,21)(H,22,25);1H. The molecule has 1 aromatic carbocycles. The van der Waals surface area contributed by atoms with Crippen LogP contribution in [-0.4, -0.2) is 42.0 Å². The summed E-state index contributed by atoms with van der Waals surface area (Å²) < 4.78 is 2.05. The molecule has 0 radical (unpaired) electrons. The fraction of sp³-hybridized carbons (Fsp3) is 0.263. The van der Waals surface area contributed by atoms with E-state index in [1.54, 1.807) is 19.2 Å². The van der Waals surface area contributed by atoms with Crippen molar-refractivity contribution in [3.63, 3.8) is 0 Å². The van der Waals surface area contributed by atoms with Crippen molar-refractivity contribution in [2.75, 3.05) is 26.0 Å². The number of hydrogen-bond donors (Lipinski definition) is 2. The van der Waals surface area contributed by atoms with Crippen LogP contribution in [0.25, 0.3) is 0 Å². The molecule has 0 fully saturated rings. The fourth-order valence-corrected chi connectivity index (χ4v) is 2.41. The van der Waals surface area contributed by atoms with E-state index in [4.69, 9.17) is 6.42 Å². The lowest BCUT2D eigenvalue weighted by atomic mass is 10.2. The highest BCUT2D eigenvalue weighted by Crippen LogP contribution is 2.09. The van der Waals surface area contributed by atoms with Crippen LogP contribution in [0.3, 0.4) is 0 Å². The predicted molar refractivity (Wildman–Crippen MR) is 117 cm³/mol. The highest BCUT2D eigenvalue weighted by molar-refractivity contribution is 14.0. The van der Waals surface area contributed by atoms with E-state index in [9.17, 15) is 4.79 Å². The Labute approximate surface area is 171 Å². The Balaban J connectivity index is 0.00000338. The van der Waals surface area contributed by atoms with Crippen LogP contribution in [-0.2, 0) is 18.4 Å². The summed E-state index contributed by atoms with van der Waals surface area (Å²) in [5.74, 6) is 3.03. The van der Waals surface area contributed by atoms with Crippen molar-refractivity contribution in [1.29, 1.82) is 0 Å². The van der Waals surface area contributed by atoms with Gasteiger partial charge in [0.05, 0.1) is 13.1 Å². The molecule has 0 saturated heterocycles. The molecule has 1 amide bonds. The van der Waals surface area contributed by atoms with E-state index in [1.165, 1.54) is 0 Å². The summed E-state index contributed by atoms with van der Waals surface area (Å²) in [5, 5.41) is 5.88. The van der Waals surface area contributed by atoms with Crippen molar-refractivity contribution in [3.8, 4) is 12.3 Å². The Hall–Kier alpha value is -2.47. The van der Waals surface area contributed by atoms with Gasteiger partial charge in [0.15, 0.2) is 5.96 Å². The molecule has 2 N–H and O–H groups in total. The lowest BCUT2D eigenvalue weighted by Crippen LogP contribution is -2.42. The Bertz CT molecular complexity index is 806. The molecule has 0 unspecified atom stereocenters. The molecule has 2 rings (SSSR count). The molecule has 7 heteroatoms. The van der Waals surface area contributed by atoms with Crippen LogP contribution in [0.2, 0.25) is 0 Å². The quantitative estimate of drug-likeness (QED) is 0.308. The van der Waals surface area contributed by atoms with Crippen LogP contribution >= 0.6 is 24.0 Å². The zero-order valence-electron chi connectivity index (χ0n) is 15.2. The normalized spacial score (nSPS) is 10.5. The van der Waals surface area contributed by atoms with Gasteiger partial charge in [-0.05, 0) is 30.3 Å². The number of rotatable bonds is 5. The first-order chi connectivity index (χ1) is 12.0. The predicted octanol–water partition coefficient (Wildman–Crippen LogP) is 2.27. The molecule has 0 aliphatic heterocycles. The summed E-state index contributed by atoms with van der Waals surface area (Å²) in [6.07, 6.45) is 7.36. The van der Waals surface area contributed by atoms with Crippen molar-refractivity contribution in [3.05, 3.63) is 53.9 Å². The molecule has 26 heavy (non-hydrogen) atoms. The van der Waals surface area contributed by atoms with Gasteiger partial charge in [-0.15, -0.1) is 30.4 Å². The lowest BCUT2D eigenvalue weighted by Gasteiger charge is -2.22. The molecule has 0 atom stereocenters. The first kappa shape index (κ1) is 21.6. The minimum Gasteiger partial charge on any atom is -0.353 e. The number of carbonyl (C=O) groups is 1. The third kappa shape index (κ3) is 6.11. The van der Waals surface area contributed by atoms with E-state index in [0.29, 0.717) is 18.2 Å². The molecular formula is C19H24IN5O. The van der Waals surface area contributed by atoms with E-state index in [0.717, 1.165) is 11.3 Å². The van der Waals surface area contributed by atoms with E-state index in [-0.39, 0.29) is 36.4 Å². The Morgan fingerprint density at radius 1 is 1.35 bits per heavy atom. The maximum Gasteiger partial charge on any atom is 0.243 e. The second-order valence-electron chi connectivity index (χ2n) is 5.64. The number of carbonyl (C=O) groups excluding carboxylic acids is 1. The molecule has 1 aromatic heterocycles. The second kappa shape index (κ2) is 10.5. The molecular weight excluding hydrogens is 441 g/mol. The average molecular weight is 465 g/mol. The van der Waals surface area contributed by atoms with Crippen LogP contribution in [0.4, 0.5) is 5.69 Å².